The molecule has 0 spiro atoms. The molecule has 3 heteroatoms. The standard InChI is InChI=1S/C16H30N2O/c19-16(18-13-7-3-4-8-14-18)11-12-17-15-9-5-1-2-6-10-15/h15,17H,1-14H2. The van der Waals surface area contributed by atoms with Gasteiger partial charge >= 0.3 is 0 Å². The number of carbonyl (C=O) groups excluding carboxylic acids is 1. The van der Waals surface area contributed by atoms with Gasteiger partial charge in [-0.05, 0) is 25.7 Å². The summed E-state index contributed by atoms with van der Waals surface area (Å²) in [7, 11) is 0. The Balaban J connectivity index is 1.62. The maximum atomic E-state index is 12.1. The molecule has 0 bridgehead atoms. The third-order valence-corrected chi connectivity index (χ3v) is 4.59. The molecular weight excluding hydrogens is 236 g/mol. The van der Waals surface area contributed by atoms with E-state index in [1.807, 2.05) is 0 Å². The summed E-state index contributed by atoms with van der Waals surface area (Å²) >= 11 is 0. The first kappa shape index (κ1) is 14.8. The lowest BCUT2D eigenvalue weighted by Crippen LogP contribution is -2.36. The van der Waals surface area contributed by atoms with Gasteiger partial charge in [-0.25, -0.2) is 0 Å². The van der Waals surface area contributed by atoms with Crippen LogP contribution < -0.4 is 5.32 Å². The molecule has 0 atom stereocenters. The van der Waals surface area contributed by atoms with Crippen molar-refractivity contribution in [2.24, 2.45) is 0 Å². The normalized spacial score (nSPS) is 22.8. The van der Waals surface area contributed by atoms with E-state index in [0.717, 1.165) is 19.6 Å². The smallest absolute Gasteiger partial charge is 0.223 e. The molecule has 0 aromatic carbocycles. The summed E-state index contributed by atoms with van der Waals surface area (Å²) in [5.74, 6) is 0.364. The Kier molecular flexibility index (Phi) is 6.69. The number of amides is 1. The van der Waals surface area contributed by atoms with Crippen LogP contribution in [0.25, 0.3) is 0 Å². The molecule has 1 N–H and O–H groups in total. The fourth-order valence-corrected chi connectivity index (χ4v) is 3.34. The van der Waals surface area contributed by atoms with E-state index < -0.39 is 0 Å². The van der Waals surface area contributed by atoms with Gasteiger partial charge in [0.1, 0.15) is 0 Å². The number of hydrogen-bond acceptors (Lipinski definition) is 2. The van der Waals surface area contributed by atoms with Gasteiger partial charge in [0, 0.05) is 32.1 Å². The molecule has 0 unspecified atom stereocenters. The van der Waals surface area contributed by atoms with Gasteiger partial charge in [-0.15, -0.1) is 0 Å². The maximum absolute atomic E-state index is 12.1. The van der Waals surface area contributed by atoms with Gasteiger partial charge < -0.3 is 10.2 Å². The topological polar surface area (TPSA) is 32.3 Å². The van der Waals surface area contributed by atoms with E-state index in [1.165, 1.54) is 64.2 Å². The largest absolute Gasteiger partial charge is 0.343 e. The molecule has 1 amide bonds. The summed E-state index contributed by atoms with van der Waals surface area (Å²) < 4.78 is 0. The molecule has 1 aliphatic carbocycles. The second-order valence-corrected chi connectivity index (χ2v) is 6.19. The van der Waals surface area contributed by atoms with E-state index in [-0.39, 0.29) is 0 Å². The predicted octanol–water partition coefficient (Wildman–Crippen LogP) is 3.09. The average molecular weight is 266 g/mol. The fraction of sp³-hybridized carbons (Fsp3) is 0.938. The minimum absolute atomic E-state index is 0.364. The summed E-state index contributed by atoms with van der Waals surface area (Å²) in [6.07, 6.45) is 13.8. The Morgan fingerprint density at radius 2 is 1.47 bits per heavy atom. The number of carbonyl (C=O) groups is 1. The van der Waals surface area contributed by atoms with Crippen molar-refractivity contribution in [1.82, 2.24) is 10.2 Å². The maximum Gasteiger partial charge on any atom is 0.223 e. The lowest BCUT2D eigenvalue weighted by molar-refractivity contribution is -0.131. The predicted molar refractivity (Wildman–Crippen MR) is 79.2 cm³/mol. The number of nitrogens with zero attached hydrogens (tertiary/aromatic N) is 1. The number of rotatable bonds is 4. The molecular formula is C16H30N2O. The quantitative estimate of drug-likeness (QED) is 0.793. The van der Waals surface area contributed by atoms with Crippen molar-refractivity contribution in [1.29, 1.82) is 0 Å². The third kappa shape index (κ3) is 5.52. The van der Waals surface area contributed by atoms with Crippen LogP contribution in [0.15, 0.2) is 0 Å². The van der Waals surface area contributed by atoms with Crippen LogP contribution in [0, 0.1) is 0 Å². The zero-order chi connectivity index (χ0) is 13.3. The van der Waals surface area contributed by atoms with Crippen molar-refractivity contribution in [2.45, 2.75) is 76.7 Å². The summed E-state index contributed by atoms with van der Waals surface area (Å²) in [5.41, 5.74) is 0. The fourth-order valence-electron chi connectivity index (χ4n) is 3.34. The number of hydrogen-bond donors (Lipinski definition) is 1. The monoisotopic (exact) mass is 266 g/mol. The average Bonchev–Trinajstić information content (AvgIpc) is 2.83. The van der Waals surface area contributed by atoms with Gasteiger partial charge in [-0.1, -0.05) is 38.5 Å². The molecule has 3 nitrogen and oxygen atoms in total. The van der Waals surface area contributed by atoms with Gasteiger partial charge in [0.05, 0.1) is 0 Å². The highest BCUT2D eigenvalue weighted by atomic mass is 16.2. The Morgan fingerprint density at radius 3 is 2.11 bits per heavy atom. The molecule has 0 aromatic heterocycles. The van der Waals surface area contributed by atoms with Crippen LogP contribution in [0.2, 0.25) is 0 Å². The highest BCUT2D eigenvalue weighted by Gasteiger charge is 2.16. The van der Waals surface area contributed by atoms with Crippen LogP contribution >= 0.6 is 0 Å². The van der Waals surface area contributed by atoms with Crippen LogP contribution in [0.3, 0.4) is 0 Å². The van der Waals surface area contributed by atoms with Crippen LogP contribution in [-0.4, -0.2) is 36.5 Å². The third-order valence-electron chi connectivity index (χ3n) is 4.59. The SMILES string of the molecule is O=C(CCNC1CCCCCC1)N1CCCCCC1. The van der Waals surface area contributed by atoms with Crippen molar-refractivity contribution < 1.29 is 4.79 Å². The van der Waals surface area contributed by atoms with Crippen LogP contribution in [-0.2, 0) is 4.79 Å². The van der Waals surface area contributed by atoms with Crippen LogP contribution in [0.1, 0.15) is 70.6 Å². The minimum Gasteiger partial charge on any atom is -0.343 e. The van der Waals surface area contributed by atoms with Gasteiger partial charge in [0.2, 0.25) is 5.91 Å². The summed E-state index contributed by atoms with van der Waals surface area (Å²) in [6, 6.07) is 0.666. The van der Waals surface area contributed by atoms with Crippen LogP contribution in [0.4, 0.5) is 0 Å². The lowest BCUT2D eigenvalue weighted by Gasteiger charge is -2.21. The molecule has 2 aliphatic rings. The Hall–Kier alpha value is -0.570. The van der Waals surface area contributed by atoms with Crippen molar-refractivity contribution in [3.05, 3.63) is 0 Å². The van der Waals surface area contributed by atoms with Gasteiger partial charge in [-0.2, -0.15) is 0 Å². The molecule has 1 saturated heterocycles. The van der Waals surface area contributed by atoms with E-state index >= 15 is 0 Å². The second kappa shape index (κ2) is 8.57. The van der Waals surface area contributed by atoms with Gasteiger partial charge in [-0.3, -0.25) is 4.79 Å². The molecule has 2 rings (SSSR count). The van der Waals surface area contributed by atoms with Gasteiger partial charge in [0.15, 0.2) is 0 Å². The molecule has 1 heterocycles. The molecule has 0 aromatic rings. The highest BCUT2D eigenvalue weighted by molar-refractivity contribution is 5.76. The summed E-state index contributed by atoms with van der Waals surface area (Å²) in [5, 5.41) is 3.60. The molecule has 19 heavy (non-hydrogen) atoms. The van der Waals surface area contributed by atoms with E-state index in [9.17, 15) is 4.79 Å². The van der Waals surface area contributed by atoms with E-state index in [0.29, 0.717) is 18.4 Å². The number of likely N-dealkylation sites (tertiary alicyclic amines) is 1. The van der Waals surface area contributed by atoms with E-state index in [1.54, 1.807) is 0 Å². The summed E-state index contributed by atoms with van der Waals surface area (Å²) in [4.78, 5) is 14.2. The first-order valence-electron chi connectivity index (χ1n) is 8.37. The first-order chi connectivity index (χ1) is 9.36. The Morgan fingerprint density at radius 1 is 0.895 bits per heavy atom. The summed E-state index contributed by atoms with van der Waals surface area (Å²) in [6.45, 7) is 2.85. The zero-order valence-electron chi connectivity index (χ0n) is 12.3. The zero-order valence-corrected chi connectivity index (χ0v) is 12.3. The molecule has 110 valence electrons. The van der Waals surface area contributed by atoms with E-state index in [2.05, 4.69) is 10.2 Å². The van der Waals surface area contributed by atoms with Gasteiger partial charge in [0.25, 0.3) is 0 Å². The molecule has 1 saturated carbocycles. The van der Waals surface area contributed by atoms with E-state index in [4.69, 9.17) is 0 Å². The van der Waals surface area contributed by atoms with Crippen molar-refractivity contribution in [3.8, 4) is 0 Å². The van der Waals surface area contributed by atoms with Crippen molar-refractivity contribution >= 4 is 5.91 Å². The Labute approximate surface area is 118 Å². The van der Waals surface area contributed by atoms with Crippen LogP contribution in [0.5, 0.6) is 0 Å². The Bertz CT molecular complexity index is 251. The minimum atomic E-state index is 0.364. The lowest BCUT2D eigenvalue weighted by atomic mass is 10.1. The second-order valence-electron chi connectivity index (χ2n) is 6.19. The molecule has 2 fully saturated rings. The first-order valence-corrected chi connectivity index (χ1v) is 8.37. The highest BCUT2D eigenvalue weighted by Crippen LogP contribution is 2.17. The molecule has 0 radical (unpaired) electrons. The van der Waals surface area contributed by atoms with Crippen molar-refractivity contribution in [2.75, 3.05) is 19.6 Å². The number of nitrogens with one attached hydrogen (secondary N) is 1. The molecule has 1 aliphatic heterocycles. The van der Waals surface area contributed by atoms with Crippen molar-refractivity contribution in [3.63, 3.8) is 0 Å².